The molecule has 0 aliphatic heterocycles. The number of carbonyl (C=O) groups excluding carboxylic acids is 1. The number of rotatable bonds is 7. The molecule has 0 aliphatic carbocycles. The number of hydrogen-bond acceptors (Lipinski definition) is 4. The van der Waals surface area contributed by atoms with E-state index in [1.807, 2.05) is 0 Å². The minimum Gasteiger partial charge on any atom is -0.508 e. The quantitative estimate of drug-likeness (QED) is 0.298. The zero-order chi connectivity index (χ0) is 14.3. The smallest absolute Gasteiger partial charge is 0.242 e. The number of phenolic OH excluding ortho intramolecular Hbond substituents is 1. The normalized spacial score (nSPS) is 13.3. The predicted molar refractivity (Wildman–Crippen MR) is 71.3 cm³/mol. The number of hydrogen-bond donors (Lipinski definition) is 3. The topological polar surface area (TPSA) is 124 Å². The van der Waals surface area contributed by atoms with E-state index in [-0.39, 0.29) is 5.75 Å². The van der Waals surface area contributed by atoms with Crippen LogP contribution in [-0.4, -0.2) is 24.1 Å². The Labute approximate surface area is 111 Å². The van der Waals surface area contributed by atoms with Gasteiger partial charge >= 0.3 is 0 Å². The van der Waals surface area contributed by atoms with E-state index in [0.717, 1.165) is 0 Å². The molecule has 0 heterocycles. The average molecular weight is 263 g/mol. The van der Waals surface area contributed by atoms with E-state index < -0.39 is 11.4 Å². The Hall–Kier alpha value is -2.24. The van der Waals surface area contributed by atoms with E-state index in [4.69, 9.17) is 11.3 Å². The van der Waals surface area contributed by atoms with Crippen LogP contribution in [0.1, 0.15) is 18.9 Å². The molecule has 1 aromatic carbocycles. The van der Waals surface area contributed by atoms with E-state index in [9.17, 15) is 9.90 Å². The number of nitrogens with zero attached hydrogens (tertiary/aromatic N) is 3. The molecule has 1 rings (SSSR count). The number of phenols is 1. The molecule has 4 N–H and O–H groups in total. The van der Waals surface area contributed by atoms with Gasteiger partial charge in [0.05, 0.1) is 0 Å². The molecule has 19 heavy (non-hydrogen) atoms. The lowest BCUT2D eigenvalue weighted by Gasteiger charge is -2.28. The molecule has 102 valence electrons. The van der Waals surface area contributed by atoms with Crippen LogP contribution in [0.25, 0.3) is 10.4 Å². The second-order valence-electron chi connectivity index (χ2n) is 4.27. The van der Waals surface area contributed by atoms with Crippen molar-refractivity contribution >= 4 is 5.91 Å². The van der Waals surface area contributed by atoms with E-state index >= 15 is 0 Å². The van der Waals surface area contributed by atoms with Gasteiger partial charge in [0.2, 0.25) is 5.91 Å². The summed E-state index contributed by atoms with van der Waals surface area (Å²) >= 11 is 0. The first-order chi connectivity index (χ1) is 9.00. The fourth-order valence-corrected chi connectivity index (χ4v) is 1.68. The molecule has 1 atom stereocenters. The summed E-state index contributed by atoms with van der Waals surface area (Å²) < 4.78 is 0. The van der Waals surface area contributed by atoms with Crippen LogP contribution in [0.4, 0.5) is 0 Å². The number of benzene rings is 1. The van der Waals surface area contributed by atoms with Crippen molar-refractivity contribution in [1.82, 2.24) is 5.32 Å². The minimum atomic E-state index is -1.07. The van der Waals surface area contributed by atoms with Crippen LogP contribution in [0.5, 0.6) is 5.75 Å². The largest absolute Gasteiger partial charge is 0.508 e. The van der Waals surface area contributed by atoms with Gasteiger partial charge in [-0.2, -0.15) is 0 Å². The number of carbonyl (C=O) groups is 1. The second-order valence-corrected chi connectivity index (χ2v) is 4.27. The van der Waals surface area contributed by atoms with Gasteiger partial charge in [-0.15, -0.1) is 0 Å². The third-order valence-electron chi connectivity index (χ3n) is 2.89. The lowest BCUT2D eigenvalue weighted by molar-refractivity contribution is -0.124. The lowest BCUT2D eigenvalue weighted by Crippen LogP contribution is -2.50. The van der Waals surface area contributed by atoms with Crippen LogP contribution >= 0.6 is 0 Å². The van der Waals surface area contributed by atoms with E-state index in [1.165, 1.54) is 12.1 Å². The fourth-order valence-electron chi connectivity index (χ4n) is 1.68. The van der Waals surface area contributed by atoms with Crippen LogP contribution in [-0.2, 0) is 10.3 Å². The van der Waals surface area contributed by atoms with Gasteiger partial charge in [-0.1, -0.05) is 17.2 Å². The molecule has 0 spiro atoms. The highest BCUT2D eigenvalue weighted by Gasteiger charge is 2.32. The Morgan fingerprint density at radius 1 is 1.63 bits per heavy atom. The van der Waals surface area contributed by atoms with Gasteiger partial charge in [-0.25, -0.2) is 0 Å². The Morgan fingerprint density at radius 2 is 2.37 bits per heavy atom. The molecule has 7 nitrogen and oxygen atoms in total. The summed E-state index contributed by atoms with van der Waals surface area (Å²) in [4.78, 5) is 14.3. The van der Waals surface area contributed by atoms with Crippen molar-refractivity contribution in [2.24, 2.45) is 10.8 Å². The molecular formula is C12H17N5O2. The summed E-state index contributed by atoms with van der Waals surface area (Å²) in [5, 5.41) is 15.9. The van der Waals surface area contributed by atoms with Crippen LogP contribution in [0, 0.1) is 0 Å². The minimum absolute atomic E-state index is 0.0702. The fraction of sp³-hybridized carbons (Fsp3) is 0.417. The Balaban J connectivity index is 2.80. The SMILES string of the molecule is CC(NCCCN=[N+]=[N-])(C(N)=O)c1cccc(O)c1. The first-order valence-electron chi connectivity index (χ1n) is 5.86. The van der Waals surface area contributed by atoms with E-state index in [0.29, 0.717) is 25.1 Å². The first kappa shape index (κ1) is 14.8. The molecular weight excluding hydrogens is 246 g/mol. The molecule has 0 fully saturated rings. The lowest BCUT2D eigenvalue weighted by atomic mass is 9.91. The number of azide groups is 1. The molecule has 0 aliphatic rings. The van der Waals surface area contributed by atoms with Crippen molar-refractivity contribution in [3.8, 4) is 5.75 Å². The maximum Gasteiger partial charge on any atom is 0.242 e. The van der Waals surface area contributed by atoms with E-state index in [2.05, 4.69) is 15.3 Å². The van der Waals surface area contributed by atoms with Crippen LogP contribution in [0.2, 0.25) is 0 Å². The van der Waals surface area contributed by atoms with Crippen molar-refractivity contribution in [2.75, 3.05) is 13.1 Å². The standard InChI is InChI=1S/C12H17N5O2/c1-12(11(13)19,15-6-3-7-16-17-14)9-4-2-5-10(18)8-9/h2,4-5,8,15,18H,3,6-7H2,1H3,(H2,13,19). The van der Waals surface area contributed by atoms with Crippen molar-refractivity contribution in [1.29, 1.82) is 0 Å². The molecule has 7 heteroatoms. The Morgan fingerprint density at radius 3 is 2.95 bits per heavy atom. The molecule has 0 radical (unpaired) electrons. The number of primary amides is 1. The molecule has 1 unspecified atom stereocenters. The molecule has 1 amide bonds. The van der Waals surface area contributed by atoms with Gasteiger partial charge in [0.15, 0.2) is 0 Å². The Bertz CT molecular complexity index is 499. The highest BCUT2D eigenvalue weighted by Crippen LogP contribution is 2.23. The predicted octanol–water partition coefficient (Wildman–Crippen LogP) is 1.38. The van der Waals surface area contributed by atoms with Crippen molar-refractivity contribution < 1.29 is 9.90 Å². The van der Waals surface area contributed by atoms with Gasteiger partial charge in [0.25, 0.3) is 0 Å². The van der Waals surface area contributed by atoms with Crippen LogP contribution in [0.15, 0.2) is 29.4 Å². The summed E-state index contributed by atoms with van der Waals surface area (Å²) in [5.74, 6) is -0.470. The van der Waals surface area contributed by atoms with E-state index in [1.54, 1.807) is 19.1 Å². The van der Waals surface area contributed by atoms with Gasteiger partial charge in [0.1, 0.15) is 11.3 Å². The zero-order valence-electron chi connectivity index (χ0n) is 10.7. The monoisotopic (exact) mass is 263 g/mol. The summed E-state index contributed by atoms with van der Waals surface area (Å²) in [6.45, 7) is 2.46. The van der Waals surface area contributed by atoms with Crippen LogP contribution in [0.3, 0.4) is 0 Å². The summed E-state index contributed by atoms with van der Waals surface area (Å²) in [6.07, 6.45) is 0.589. The highest BCUT2D eigenvalue weighted by molar-refractivity contribution is 5.85. The maximum atomic E-state index is 11.6. The molecule has 0 aromatic heterocycles. The van der Waals surface area contributed by atoms with Gasteiger partial charge in [-0.05, 0) is 43.1 Å². The summed E-state index contributed by atoms with van der Waals surface area (Å²) in [6, 6.07) is 6.37. The molecule has 1 aromatic rings. The maximum absolute atomic E-state index is 11.6. The Kier molecular flexibility index (Phi) is 5.17. The van der Waals surface area contributed by atoms with Crippen molar-refractivity contribution in [3.63, 3.8) is 0 Å². The van der Waals surface area contributed by atoms with Gasteiger partial charge in [-0.3, -0.25) is 10.1 Å². The van der Waals surface area contributed by atoms with Gasteiger partial charge in [0, 0.05) is 11.5 Å². The molecule has 0 saturated heterocycles. The zero-order valence-corrected chi connectivity index (χ0v) is 10.7. The van der Waals surface area contributed by atoms with Crippen LogP contribution < -0.4 is 11.1 Å². The summed E-state index contributed by atoms with van der Waals surface area (Å²) in [5.41, 5.74) is 13.1. The van der Waals surface area contributed by atoms with Crippen molar-refractivity contribution in [3.05, 3.63) is 40.3 Å². The first-order valence-corrected chi connectivity index (χ1v) is 5.86. The molecule has 0 bridgehead atoms. The molecule has 0 saturated carbocycles. The van der Waals surface area contributed by atoms with Gasteiger partial charge < -0.3 is 10.8 Å². The number of amides is 1. The average Bonchev–Trinajstić information content (AvgIpc) is 2.38. The van der Waals surface area contributed by atoms with Crippen molar-refractivity contribution in [2.45, 2.75) is 18.9 Å². The number of nitrogens with one attached hydrogen (secondary N) is 1. The highest BCUT2D eigenvalue weighted by atomic mass is 16.3. The third kappa shape index (κ3) is 3.87. The number of nitrogens with two attached hydrogens (primary N) is 1. The second kappa shape index (κ2) is 6.63. The number of aromatic hydroxyl groups is 1. The third-order valence-corrected chi connectivity index (χ3v) is 2.89. The summed E-state index contributed by atoms with van der Waals surface area (Å²) in [7, 11) is 0.